The first kappa shape index (κ1) is 60.8. The molecule has 0 fully saturated rings. The van der Waals surface area contributed by atoms with Crippen LogP contribution >= 0.6 is 0 Å². The molecule has 0 unspecified atom stereocenters. The van der Waals surface area contributed by atoms with Crippen molar-refractivity contribution in [1.82, 2.24) is 0 Å². The Bertz CT molecular complexity index is 4040. The zero-order valence-corrected chi connectivity index (χ0v) is 53.4. The number of ether oxygens (including phenoxy) is 8. The molecule has 0 bridgehead atoms. The van der Waals surface area contributed by atoms with Crippen LogP contribution in [0.3, 0.4) is 0 Å². The highest BCUT2D eigenvalue weighted by molar-refractivity contribution is 6.61. The lowest BCUT2D eigenvalue weighted by Gasteiger charge is -2.30. The van der Waals surface area contributed by atoms with E-state index in [1.54, 1.807) is 14.2 Å². The summed E-state index contributed by atoms with van der Waals surface area (Å²) in [5.41, 5.74) is 2.94. The number of unbranched alkanes of at least 4 members (excludes halogenated alkanes) is 18. The molecule has 0 aliphatic heterocycles. The van der Waals surface area contributed by atoms with Crippen molar-refractivity contribution < 1.29 is 37.9 Å². The van der Waals surface area contributed by atoms with E-state index in [1.807, 2.05) is 0 Å². The number of rotatable bonds is 42. The van der Waals surface area contributed by atoms with Gasteiger partial charge in [-0.3, -0.25) is 0 Å². The Morgan fingerprint density at radius 1 is 0.239 bits per heavy atom. The van der Waals surface area contributed by atoms with Gasteiger partial charge in [-0.1, -0.05) is 190 Å². The maximum absolute atomic E-state index is 6.82. The molecule has 0 aliphatic carbocycles. The van der Waals surface area contributed by atoms with E-state index < -0.39 is 0 Å². The highest BCUT2D eigenvalue weighted by Crippen LogP contribution is 2.61. The summed E-state index contributed by atoms with van der Waals surface area (Å²) in [6.45, 7) is 10.6. The van der Waals surface area contributed by atoms with Crippen molar-refractivity contribution in [3.05, 3.63) is 96.1 Å². The van der Waals surface area contributed by atoms with Crippen molar-refractivity contribution in [2.24, 2.45) is 0 Å². The Kier molecular flexibility index (Phi) is 19.9. The van der Waals surface area contributed by atoms with Gasteiger partial charge in [0.2, 0.25) is 0 Å². The predicted octanol–water partition coefficient (Wildman–Crippen LogP) is 21.2. The molecule has 0 heterocycles. The summed E-state index contributed by atoms with van der Waals surface area (Å²) in [4.78, 5) is 0. The molecule has 0 radical (unpaired) electrons. The fraction of sp³-hybridized carbons (Fsp3) is 0.475. The Hall–Kier alpha value is -6.10. The number of benzene rings is 13. The predicted molar refractivity (Wildman–Crippen MR) is 373 cm³/mol. The van der Waals surface area contributed by atoms with Gasteiger partial charge in [0.15, 0.2) is 0 Å². The van der Waals surface area contributed by atoms with Gasteiger partial charge in [-0.25, -0.2) is 0 Å². The molecule has 0 saturated heterocycles. The molecular formula is C80H94O8. The summed E-state index contributed by atoms with van der Waals surface area (Å²) in [7, 11) is 3.38. The first-order valence-electron chi connectivity index (χ1n) is 34.4. The van der Waals surface area contributed by atoms with Crippen molar-refractivity contribution in [3.63, 3.8) is 0 Å². The second-order valence-electron chi connectivity index (χ2n) is 25.6. The summed E-state index contributed by atoms with van der Waals surface area (Å²) >= 11 is 0. The van der Waals surface area contributed by atoms with Crippen molar-refractivity contribution >= 4 is 129 Å². The average Bonchev–Trinajstić information content (AvgIpc) is 0.648. The molecule has 13 aromatic rings. The minimum absolute atomic E-state index is 0.415. The summed E-state index contributed by atoms with van der Waals surface area (Å²) in [6.07, 6.45) is 29.0. The lowest BCUT2D eigenvalue weighted by molar-refractivity contribution is 0.0180. The van der Waals surface area contributed by atoms with Crippen molar-refractivity contribution in [3.8, 4) is 11.5 Å². The fourth-order valence-electron chi connectivity index (χ4n) is 15.7. The largest absolute Gasteiger partial charge is 0.491 e. The molecule has 13 rings (SSSR count). The molecule has 0 amide bonds. The monoisotopic (exact) mass is 1180 g/mol. The van der Waals surface area contributed by atoms with Gasteiger partial charge in [0, 0.05) is 14.2 Å². The van der Waals surface area contributed by atoms with Gasteiger partial charge in [-0.15, -0.1) is 0 Å². The molecule has 8 heteroatoms. The van der Waals surface area contributed by atoms with E-state index in [1.165, 1.54) is 269 Å². The van der Waals surface area contributed by atoms with Crippen molar-refractivity contribution in [1.29, 1.82) is 0 Å². The molecule has 0 spiro atoms. The van der Waals surface area contributed by atoms with Crippen LogP contribution in [0.4, 0.5) is 0 Å². The normalized spacial score (nSPS) is 12.8. The van der Waals surface area contributed by atoms with E-state index in [0.29, 0.717) is 79.3 Å². The maximum atomic E-state index is 6.82. The lowest BCUT2D eigenvalue weighted by Crippen LogP contribution is -2.12. The number of aryl methyl sites for hydroxylation is 2. The zero-order chi connectivity index (χ0) is 59.8. The maximum Gasteiger partial charge on any atom is 0.120 e. The second-order valence-corrected chi connectivity index (χ2v) is 25.6. The van der Waals surface area contributed by atoms with Crippen LogP contribution in [0.25, 0.3) is 129 Å². The third-order valence-corrected chi connectivity index (χ3v) is 19.7. The van der Waals surface area contributed by atoms with Crippen LogP contribution in [0.1, 0.15) is 153 Å². The molecule has 462 valence electrons. The summed E-state index contributed by atoms with van der Waals surface area (Å²) in [5, 5.41) is 32.4. The van der Waals surface area contributed by atoms with E-state index >= 15 is 0 Å². The fourth-order valence-corrected chi connectivity index (χ4v) is 15.7. The third kappa shape index (κ3) is 12.0. The van der Waals surface area contributed by atoms with Gasteiger partial charge in [-0.2, -0.15) is 0 Å². The third-order valence-electron chi connectivity index (χ3n) is 19.7. The Balaban J connectivity index is 0.986. The van der Waals surface area contributed by atoms with Crippen LogP contribution in [0, 0.1) is 0 Å². The van der Waals surface area contributed by atoms with Gasteiger partial charge in [0.25, 0.3) is 0 Å². The van der Waals surface area contributed by atoms with Crippen LogP contribution < -0.4 is 9.47 Å². The van der Waals surface area contributed by atoms with E-state index in [0.717, 1.165) is 24.3 Å². The molecule has 0 aliphatic rings. The number of hydrogen-bond donors (Lipinski definition) is 0. The molecular weight excluding hydrogens is 1090 g/mol. The Morgan fingerprint density at radius 2 is 0.477 bits per heavy atom. The standard InChI is InChI=1S/C80H94O8/c1-5-7-9-11-13-15-17-19-21-23-27-53-45-61-57-29-25-31-59-65-49-55(87-43-41-85-39-37-83-35-33-81-3)51-67-68-52-56(88-44-42-86-40-38-84-36-34-82-4)50-66-60-32-26-30-58-62-46-54(28-24-22-20-18-16-14-12-10-8-6-2)48-64-63(47-53)71(61)77-75(69(57)59)79(73(65)67)80(74(66)68)76(70(58)60)78(77)72(62)64/h25-26,29-32,45-52H,5-24,27-28,33-44H2,1-4H3. The van der Waals surface area contributed by atoms with Crippen LogP contribution in [0.2, 0.25) is 0 Å². The van der Waals surface area contributed by atoms with E-state index in [-0.39, 0.29) is 0 Å². The van der Waals surface area contributed by atoms with Crippen LogP contribution in [0.15, 0.2) is 84.9 Å². The molecule has 0 atom stereocenters. The van der Waals surface area contributed by atoms with Gasteiger partial charge in [0.05, 0.1) is 66.1 Å². The molecule has 0 aromatic heterocycles. The van der Waals surface area contributed by atoms with Crippen molar-refractivity contribution in [2.75, 3.05) is 93.5 Å². The van der Waals surface area contributed by atoms with Gasteiger partial charge in [-0.05, 0) is 190 Å². The van der Waals surface area contributed by atoms with E-state index in [9.17, 15) is 0 Å². The topological polar surface area (TPSA) is 73.8 Å². The Morgan fingerprint density at radius 3 is 0.784 bits per heavy atom. The number of hydrogen-bond acceptors (Lipinski definition) is 8. The molecule has 0 N–H and O–H groups in total. The SMILES string of the molecule is CCCCCCCCCCCCc1cc2c3cccc4c5cc(OCCOCCOCCOC)cc6c7cc(OCCOCCOCCOC)cc8c9cccc%10c%11cc(CCCCCCCCCCCC)cc%12c(c1)c2c1c(c34)c(c56)c(c87)c(c%109)c1c%11%12. The lowest BCUT2D eigenvalue weighted by atomic mass is 9.73. The van der Waals surface area contributed by atoms with E-state index in [2.05, 4.69) is 98.8 Å². The molecule has 8 nitrogen and oxygen atoms in total. The number of fused-ring (bicyclic) bond motifs is 6. The summed E-state index contributed by atoms with van der Waals surface area (Å²) in [5.74, 6) is 1.67. The number of methoxy groups -OCH3 is 2. The smallest absolute Gasteiger partial charge is 0.120 e. The average molecular weight is 1180 g/mol. The minimum atomic E-state index is 0.415. The second kappa shape index (κ2) is 28.8. The van der Waals surface area contributed by atoms with Gasteiger partial charge >= 0.3 is 0 Å². The zero-order valence-electron chi connectivity index (χ0n) is 53.4. The van der Waals surface area contributed by atoms with Crippen LogP contribution in [-0.4, -0.2) is 93.5 Å². The van der Waals surface area contributed by atoms with Gasteiger partial charge in [0.1, 0.15) is 24.7 Å². The highest BCUT2D eigenvalue weighted by Gasteiger charge is 2.32. The van der Waals surface area contributed by atoms with Crippen LogP contribution in [-0.2, 0) is 41.3 Å². The van der Waals surface area contributed by atoms with Crippen LogP contribution in [0.5, 0.6) is 11.5 Å². The van der Waals surface area contributed by atoms with Crippen molar-refractivity contribution in [2.45, 2.75) is 155 Å². The molecule has 88 heavy (non-hydrogen) atoms. The summed E-state index contributed by atoms with van der Waals surface area (Å²) in [6, 6.07) is 34.2. The molecule has 13 aromatic carbocycles. The minimum Gasteiger partial charge on any atom is -0.491 e. The van der Waals surface area contributed by atoms with E-state index in [4.69, 9.17) is 37.9 Å². The highest BCUT2D eigenvalue weighted by atomic mass is 16.6. The first-order chi connectivity index (χ1) is 43.6. The Labute approximate surface area is 520 Å². The molecule has 0 saturated carbocycles. The quantitative estimate of drug-likeness (QED) is 0.0213. The summed E-state index contributed by atoms with van der Waals surface area (Å²) < 4.78 is 47.5. The van der Waals surface area contributed by atoms with Gasteiger partial charge < -0.3 is 37.9 Å². The first-order valence-corrected chi connectivity index (χ1v) is 34.4.